The van der Waals surface area contributed by atoms with Gasteiger partial charge in [0.2, 0.25) is 11.8 Å². The first-order valence-electron chi connectivity index (χ1n) is 31.7. The van der Waals surface area contributed by atoms with Crippen LogP contribution in [0.3, 0.4) is 0 Å². The van der Waals surface area contributed by atoms with Crippen molar-refractivity contribution in [3.05, 3.63) is 72.3 Å². The van der Waals surface area contributed by atoms with Crippen molar-refractivity contribution in [2.24, 2.45) is 16.8 Å². The lowest BCUT2D eigenvalue weighted by Crippen LogP contribution is -2.30. The number of aryl methyl sites for hydroxylation is 2. The van der Waals surface area contributed by atoms with Gasteiger partial charge in [0.1, 0.15) is 32.2 Å². The third-order valence-corrected chi connectivity index (χ3v) is 16.7. The van der Waals surface area contributed by atoms with E-state index in [0.29, 0.717) is 48.8 Å². The second-order valence-electron chi connectivity index (χ2n) is 25.2. The van der Waals surface area contributed by atoms with E-state index in [1.54, 1.807) is 69.3 Å². The maximum absolute atomic E-state index is 11.3. The van der Waals surface area contributed by atoms with E-state index >= 15 is 0 Å². The zero-order valence-corrected chi connectivity index (χ0v) is 55.9. The molecule has 8 rings (SSSR count). The minimum Gasteiger partial charge on any atom is -0.481 e. The lowest BCUT2D eigenvalue weighted by Gasteiger charge is -2.25. The number of unbranched alkanes of at least 4 members (excludes halogenated alkanes) is 10. The van der Waals surface area contributed by atoms with E-state index in [1.165, 1.54) is 89.9 Å². The maximum atomic E-state index is 11.3. The molecule has 6 aromatic heterocycles. The Kier molecular flexibility index (Phi) is 31.6. The van der Waals surface area contributed by atoms with Gasteiger partial charge in [-0.05, 0) is 122 Å². The number of carbonyl (C=O) groups is 2. The molecule has 22 heteroatoms. The Morgan fingerprint density at radius 1 is 0.648 bits per heavy atom. The van der Waals surface area contributed by atoms with Crippen molar-refractivity contribution in [3.8, 4) is 69.1 Å². The molecule has 0 aromatic carbocycles. The largest absolute Gasteiger partial charge is 0.481 e. The summed E-state index contributed by atoms with van der Waals surface area (Å²) in [6, 6.07) is 13.1. The lowest BCUT2D eigenvalue weighted by atomic mass is 9.95. The Morgan fingerprint density at radius 3 is 1.49 bits per heavy atom. The first kappa shape index (κ1) is 73.6. The van der Waals surface area contributed by atoms with Gasteiger partial charge in [0.25, 0.3) is 0 Å². The third-order valence-electron chi connectivity index (χ3n) is 15.0. The molecule has 2 aliphatic carbocycles. The van der Waals surface area contributed by atoms with Gasteiger partial charge in [-0.2, -0.15) is 20.6 Å². The molecule has 88 heavy (non-hydrogen) atoms. The number of carboxylic acid groups (broad SMARTS) is 2. The van der Waals surface area contributed by atoms with Crippen LogP contribution in [0.4, 0.5) is 4.48 Å². The minimum atomic E-state index is -1.18. The molecule has 0 bridgehead atoms. The highest BCUT2D eigenvalue weighted by atomic mass is 28.3. The zero-order chi connectivity index (χ0) is 64.7. The standard InChI is InChI=1S/C28H39N5O5Si.C22H25N5O4.2C8H18.FH2N/c1-19-14-24(37-17-28(2,3)26(34)35)30-16-22(19)23-11-10-20(15-29-23)25-31-27(38-21-8-7-9-21)33(32-25)18-36-12-13-39(4,5)6;1-13-9-18(30-12-22(2,3)20(28)29)24-11-16(13)17-8-7-14(10-23-17)19-25-21(27-26-19)31-15-5-4-6-15;2*1-3-5-7-8-6-4-2;1-2/h10-11,14-16,21H,7-9,12-13,17-18H2,1-6H3,(H,34,35);7-11,15H,4-6,12H2,1-3H3,(H,28,29)(H,25,26,27);2*3-8H2,1-2H3;2H2. The number of halogens is 1. The zero-order valence-electron chi connectivity index (χ0n) is 54.9. The van der Waals surface area contributed by atoms with Gasteiger partial charge in [-0.25, -0.2) is 9.97 Å². The van der Waals surface area contributed by atoms with Gasteiger partial charge in [-0.1, -0.05) is 124 Å². The van der Waals surface area contributed by atoms with Crippen molar-refractivity contribution in [1.29, 1.82) is 0 Å². The second-order valence-corrected chi connectivity index (χ2v) is 30.8. The summed E-state index contributed by atoms with van der Waals surface area (Å²) >= 11 is 0. The average Bonchev–Trinajstić information content (AvgIpc) is 3.20. The van der Waals surface area contributed by atoms with Gasteiger partial charge in [-0.3, -0.25) is 24.7 Å². The van der Waals surface area contributed by atoms with Crippen LogP contribution in [0.2, 0.25) is 25.7 Å². The fourth-order valence-corrected chi connectivity index (χ4v) is 9.08. The van der Waals surface area contributed by atoms with Crippen LogP contribution in [0.15, 0.2) is 61.2 Å². The topological polar surface area (TPSA) is 271 Å². The molecule has 6 heterocycles. The van der Waals surface area contributed by atoms with Crippen LogP contribution in [-0.4, -0.2) is 112 Å². The molecule has 0 saturated heterocycles. The average molecular weight is 1240 g/mol. The fraction of sp³-hybridized carbons (Fsp3) is 0.606. The number of pyridine rings is 4. The van der Waals surface area contributed by atoms with Crippen LogP contribution in [0.1, 0.15) is 182 Å². The highest BCUT2D eigenvalue weighted by Crippen LogP contribution is 2.31. The summed E-state index contributed by atoms with van der Waals surface area (Å²) in [5.41, 5.74) is 4.66. The second kappa shape index (κ2) is 37.8. The van der Waals surface area contributed by atoms with E-state index in [1.807, 2.05) is 38.1 Å². The number of carboxylic acids is 2. The number of ether oxygens (including phenoxy) is 5. The molecular formula is C66H102FN11O9Si. The molecule has 6 aromatic rings. The summed E-state index contributed by atoms with van der Waals surface area (Å²) in [5.74, 6) is 3.06. The SMILES string of the molecule is CCCCCCCC.CCCCCCCC.Cc1cc(OCC(C)(C)C(=O)O)ncc1-c1ccc(-c2nc(OC3CCC3)n(COCC[Si](C)(C)C)n2)cn1.Cc1cc(OCC(C)(C)C(=O)O)ncc1-c1ccc(-c2nc(OC3CCC3)n[nH]2)cn1.NF. The van der Waals surface area contributed by atoms with E-state index < -0.39 is 30.8 Å². The molecule has 5 N–H and O–H groups in total. The summed E-state index contributed by atoms with van der Waals surface area (Å²) < 4.78 is 39.6. The number of nitrogens with zero attached hydrogens (tertiary/aromatic N) is 9. The molecule has 0 unspecified atom stereocenters. The number of aromatic amines is 1. The van der Waals surface area contributed by atoms with Crippen molar-refractivity contribution in [2.45, 2.75) is 229 Å². The van der Waals surface area contributed by atoms with Crippen molar-refractivity contribution in [1.82, 2.24) is 49.9 Å². The van der Waals surface area contributed by atoms with Crippen LogP contribution < -0.4 is 24.9 Å². The van der Waals surface area contributed by atoms with Crippen molar-refractivity contribution in [2.75, 3.05) is 19.8 Å². The molecule has 0 aliphatic heterocycles. The molecule has 2 aliphatic rings. The predicted molar refractivity (Wildman–Crippen MR) is 347 cm³/mol. The first-order chi connectivity index (χ1) is 42.1. The molecular weight excluding hydrogens is 1140 g/mol. The van der Waals surface area contributed by atoms with Crippen LogP contribution >= 0.6 is 0 Å². The highest BCUT2D eigenvalue weighted by molar-refractivity contribution is 6.76. The van der Waals surface area contributed by atoms with Crippen LogP contribution in [0.25, 0.3) is 45.3 Å². The van der Waals surface area contributed by atoms with E-state index in [4.69, 9.17) is 28.2 Å². The molecule has 2 fully saturated rings. The monoisotopic (exact) mass is 1240 g/mol. The van der Waals surface area contributed by atoms with Crippen molar-refractivity contribution < 1.29 is 48.0 Å². The Labute approximate surface area is 523 Å². The molecule has 0 atom stereocenters. The van der Waals surface area contributed by atoms with Crippen LogP contribution in [-0.2, 0) is 21.1 Å². The Bertz CT molecular complexity index is 2940. The molecule has 0 radical (unpaired) electrons. The molecule has 20 nitrogen and oxygen atoms in total. The smallest absolute Gasteiger partial charge is 0.336 e. The van der Waals surface area contributed by atoms with Crippen molar-refractivity contribution in [3.63, 3.8) is 0 Å². The normalized spacial score (nSPS) is 13.1. The van der Waals surface area contributed by atoms with E-state index in [-0.39, 0.29) is 25.4 Å². The summed E-state index contributed by atoms with van der Waals surface area (Å²) in [6.07, 6.45) is 30.7. The Hall–Kier alpha value is -6.91. The van der Waals surface area contributed by atoms with Gasteiger partial charge in [0.15, 0.2) is 11.6 Å². The summed E-state index contributed by atoms with van der Waals surface area (Å²) in [4.78, 5) is 49.4. The van der Waals surface area contributed by atoms with Crippen molar-refractivity contribution >= 4 is 20.0 Å². The van der Waals surface area contributed by atoms with Gasteiger partial charge in [0.05, 0.1) is 22.2 Å². The van der Waals surface area contributed by atoms with Gasteiger partial charge >= 0.3 is 24.0 Å². The first-order valence-corrected chi connectivity index (χ1v) is 35.4. The molecule has 2 saturated carbocycles. The van der Waals surface area contributed by atoms with Crippen LogP contribution in [0, 0.1) is 24.7 Å². The molecule has 0 spiro atoms. The Balaban J connectivity index is 0.000000299. The number of nitrogens with one attached hydrogen (secondary N) is 1. The summed E-state index contributed by atoms with van der Waals surface area (Å²) in [5, 5.41) is 30.2. The molecule has 0 amide bonds. The predicted octanol–water partition coefficient (Wildman–Crippen LogP) is 15.7. The lowest BCUT2D eigenvalue weighted by molar-refractivity contribution is -0.149. The number of hydrogen-bond donors (Lipinski definition) is 4. The van der Waals surface area contributed by atoms with Crippen LogP contribution in [0.5, 0.6) is 23.8 Å². The number of aliphatic carboxylic acids is 2. The summed E-state index contributed by atoms with van der Waals surface area (Å²) in [6.45, 7) is 27.4. The van der Waals surface area contributed by atoms with Gasteiger partial charge < -0.3 is 33.9 Å². The molecule has 486 valence electrons. The Morgan fingerprint density at radius 2 is 1.10 bits per heavy atom. The van der Waals surface area contributed by atoms with E-state index in [0.717, 1.165) is 76.5 Å². The minimum absolute atomic E-state index is 0.0243. The maximum Gasteiger partial charge on any atom is 0.336 e. The highest BCUT2D eigenvalue weighted by Gasteiger charge is 2.30. The quantitative estimate of drug-likeness (QED) is 0.0179. The number of aromatic nitrogens is 10. The van der Waals surface area contributed by atoms with Gasteiger partial charge in [0, 0.05) is 73.9 Å². The third kappa shape index (κ3) is 25.3. The fourth-order valence-electron chi connectivity index (χ4n) is 8.33. The van der Waals surface area contributed by atoms with Gasteiger partial charge in [-0.15, -0.1) is 14.7 Å². The number of nitrogens with two attached hydrogens (primary N) is 1. The summed E-state index contributed by atoms with van der Waals surface area (Å²) in [7, 11) is -1.18. The number of hydrogen-bond acceptors (Lipinski definition) is 16. The number of rotatable bonds is 31. The number of H-pyrrole nitrogens is 1. The van der Waals surface area contributed by atoms with E-state index in [2.05, 4.69) is 98.5 Å². The van der Waals surface area contributed by atoms with E-state index in [9.17, 15) is 19.8 Å².